The Morgan fingerprint density at radius 3 is 2.88 bits per heavy atom. The summed E-state index contributed by atoms with van der Waals surface area (Å²) >= 11 is 0. The fourth-order valence-corrected chi connectivity index (χ4v) is 3.64. The lowest BCUT2D eigenvalue weighted by molar-refractivity contribution is -0.132. The molecule has 1 saturated heterocycles. The first-order valence-electron chi connectivity index (χ1n) is 8.32. The Balaban J connectivity index is 1.62. The van der Waals surface area contributed by atoms with Gasteiger partial charge in [0.05, 0.1) is 25.0 Å². The number of ether oxygens (including phenoxy) is 1. The molecule has 0 aliphatic carbocycles. The van der Waals surface area contributed by atoms with E-state index in [9.17, 15) is 9.18 Å². The van der Waals surface area contributed by atoms with Gasteiger partial charge in [-0.15, -0.1) is 0 Å². The van der Waals surface area contributed by atoms with Gasteiger partial charge in [-0.2, -0.15) is 0 Å². The maximum atomic E-state index is 13.2. The maximum Gasteiger partial charge on any atom is 0.222 e. The standard InChI is InChI=1S/C18H20FN3O2/c1-2-17(23)21-8-7-18(11-21)12-22-15(9-20-16(22)10-24-18)13-3-5-14(19)6-4-13/h3-6,9H,2,7-8,10-12H2,1H3/t18-/m1/s1. The molecule has 4 rings (SSSR count). The van der Waals surface area contributed by atoms with Crippen LogP contribution in [0.15, 0.2) is 30.5 Å². The van der Waals surface area contributed by atoms with Crippen molar-refractivity contribution in [1.29, 1.82) is 0 Å². The summed E-state index contributed by atoms with van der Waals surface area (Å²) in [6.45, 7) is 4.36. The molecule has 0 saturated carbocycles. The van der Waals surface area contributed by atoms with Gasteiger partial charge in [-0.05, 0) is 36.2 Å². The summed E-state index contributed by atoms with van der Waals surface area (Å²) in [5.74, 6) is 0.798. The molecule has 1 amide bonds. The number of aromatic nitrogens is 2. The van der Waals surface area contributed by atoms with Crippen LogP contribution in [0, 0.1) is 5.82 Å². The molecular weight excluding hydrogens is 309 g/mol. The zero-order valence-corrected chi connectivity index (χ0v) is 13.7. The molecule has 0 N–H and O–H groups in total. The Labute approximate surface area is 140 Å². The molecule has 1 atom stereocenters. The molecule has 2 aromatic rings. The monoisotopic (exact) mass is 329 g/mol. The average Bonchev–Trinajstić information content (AvgIpc) is 3.20. The predicted molar refractivity (Wildman–Crippen MR) is 86.6 cm³/mol. The molecule has 1 aromatic carbocycles. The van der Waals surface area contributed by atoms with E-state index in [-0.39, 0.29) is 17.3 Å². The van der Waals surface area contributed by atoms with Gasteiger partial charge in [0.2, 0.25) is 5.91 Å². The highest BCUT2D eigenvalue weighted by molar-refractivity contribution is 5.76. The zero-order chi connectivity index (χ0) is 16.7. The largest absolute Gasteiger partial charge is 0.363 e. The van der Waals surface area contributed by atoms with Crippen LogP contribution in [0.3, 0.4) is 0 Å². The van der Waals surface area contributed by atoms with E-state index in [1.54, 1.807) is 12.1 Å². The van der Waals surface area contributed by atoms with Crippen LogP contribution < -0.4 is 0 Å². The molecule has 24 heavy (non-hydrogen) atoms. The molecule has 1 fully saturated rings. The van der Waals surface area contributed by atoms with Gasteiger partial charge in [0.1, 0.15) is 23.8 Å². The smallest absolute Gasteiger partial charge is 0.222 e. The number of likely N-dealkylation sites (tertiary alicyclic amines) is 1. The maximum absolute atomic E-state index is 13.2. The van der Waals surface area contributed by atoms with Crippen molar-refractivity contribution in [2.75, 3.05) is 13.1 Å². The lowest BCUT2D eigenvalue weighted by atomic mass is 10.0. The van der Waals surface area contributed by atoms with Crippen LogP contribution in [0.25, 0.3) is 11.3 Å². The lowest BCUT2D eigenvalue weighted by Gasteiger charge is -2.35. The van der Waals surface area contributed by atoms with E-state index in [2.05, 4.69) is 9.55 Å². The first-order chi connectivity index (χ1) is 11.6. The van der Waals surface area contributed by atoms with Gasteiger partial charge >= 0.3 is 0 Å². The number of hydrogen-bond donors (Lipinski definition) is 0. The number of hydrogen-bond acceptors (Lipinski definition) is 3. The van der Waals surface area contributed by atoms with Crippen LogP contribution >= 0.6 is 0 Å². The van der Waals surface area contributed by atoms with Crippen LogP contribution in [-0.2, 0) is 22.7 Å². The summed E-state index contributed by atoms with van der Waals surface area (Å²) in [4.78, 5) is 18.3. The minimum atomic E-state index is -0.340. The molecule has 0 unspecified atom stereocenters. The van der Waals surface area contributed by atoms with E-state index < -0.39 is 0 Å². The highest BCUT2D eigenvalue weighted by atomic mass is 19.1. The van der Waals surface area contributed by atoms with Gasteiger partial charge in [-0.3, -0.25) is 4.79 Å². The van der Waals surface area contributed by atoms with Gasteiger partial charge in [-0.1, -0.05) is 6.92 Å². The van der Waals surface area contributed by atoms with Gasteiger partial charge in [0.25, 0.3) is 0 Å². The number of amides is 1. The summed E-state index contributed by atoms with van der Waals surface area (Å²) in [7, 11) is 0. The Hall–Kier alpha value is -2.21. The third-order valence-electron chi connectivity index (χ3n) is 5.00. The fourth-order valence-electron chi connectivity index (χ4n) is 3.64. The molecule has 2 aliphatic heterocycles. The number of fused-ring (bicyclic) bond motifs is 1. The summed E-state index contributed by atoms with van der Waals surface area (Å²) in [6.07, 6.45) is 3.17. The Morgan fingerprint density at radius 2 is 2.12 bits per heavy atom. The Kier molecular flexibility index (Phi) is 3.64. The minimum Gasteiger partial charge on any atom is -0.363 e. The van der Waals surface area contributed by atoms with Crippen molar-refractivity contribution in [3.05, 3.63) is 42.1 Å². The second-order valence-corrected chi connectivity index (χ2v) is 6.54. The van der Waals surface area contributed by atoms with Crippen LogP contribution in [0.1, 0.15) is 25.6 Å². The Morgan fingerprint density at radius 1 is 1.33 bits per heavy atom. The fraction of sp³-hybridized carbons (Fsp3) is 0.444. The van der Waals surface area contributed by atoms with E-state index in [4.69, 9.17) is 4.74 Å². The van der Waals surface area contributed by atoms with E-state index in [0.29, 0.717) is 26.1 Å². The number of benzene rings is 1. The summed E-state index contributed by atoms with van der Waals surface area (Å²) in [5.41, 5.74) is 1.56. The second-order valence-electron chi connectivity index (χ2n) is 6.54. The van der Waals surface area contributed by atoms with Crippen LogP contribution in [0.4, 0.5) is 4.39 Å². The molecule has 0 bridgehead atoms. The third kappa shape index (κ3) is 2.51. The number of carbonyl (C=O) groups is 1. The highest BCUT2D eigenvalue weighted by Gasteiger charge is 2.44. The van der Waals surface area contributed by atoms with Crippen LogP contribution in [0.5, 0.6) is 0 Å². The van der Waals surface area contributed by atoms with Crippen LogP contribution in [-0.4, -0.2) is 39.0 Å². The summed E-state index contributed by atoms with van der Waals surface area (Å²) < 4.78 is 21.4. The minimum absolute atomic E-state index is 0.172. The van der Waals surface area contributed by atoms with E-state index in [1.807, 2.05) is 18.0 Å². The van der Waals surface area contributed by atoms with Gasteiger partial charge in [0, 0.05) is 13.0 Å². The Bertz CT molecular complexity index is 771. The summed E-state index contributed by atoms with van der Waals surface area (Å²) in [5, 5.41) is 0. The van der Waals surface area contributed by atoms with Crippen molar-refractivity contribution in [3.63, 3.8) is 0 Å². The quantitative estimate of drug-likeness (QED) is 0.851. The van der Waals surface area contributed by atoms with Crippen molar-refractivity contribution in [2.24, 2.45) is 0 Å². The summed E-state index contributed by atoms with van der Waals surface area (Å²) in [6, 6.07) is 6.45. The first-order valence-corrected chi connectivity index (χ1v) is 8.32. The van der Waals surface area contributed by atoms with Gasteiger partial charge < -0.3 is 14.2 Å². The number of carbonyl (C=O) groups excluding carboxylic acids is 1. The van der Waals surface area contributed by atoms with E-state index in [1.165, 1.54) is 12.1 Å². The van der Waals surface area contributed by atoms with Crippen molar-refractivity contribution in [2.45, 2.75) is 38.5 Å². The molecule has 2 aliphatic rings. The highest BCUT2D eigenvalue weighted by Crippen LogP contribution is 2.35. The molecule has 0 radical (unpaired) electrons. The van der Waals surface area contributed by atoms with Crippen LogP contribution in [0.2, 0.25) is 0 Å². The molecule has 5 nitrogen and oxygen atoms in total. The normalized spacial score (nSPS) is 22.8. The van der Waals surface area contributed by atoms with Crippen molar-refractivity contribution < 1.29 is 13.9 Å². The number of rotatable bonds is 2. The topological polar surface area (TPSA) is 47.4 Å². The molecule has 6 heteroatoms. The lowest BCUT2D eigenvalue weighted by Crippen LogP contribution is -2.45. The van der Waals surface area contributed by atoms with Crippen molar-refractivity contribution in [3.8, 4) is 11.3 Å². The molecule has 1 aromatic heterocycles. The predicted octanol–water partition coefficient (Wildman–Crippen LogP) is 2.60. The third-order valence-corrected chi connectivity index (χ3v) is 5.00. The van der Waals surface area contributed by atoms with Gasteiger partial charge in [0.15, 0.2) is 0 Å². The molecular formula is C18H20FN3O2. The molecule has 126 valence electrons. The molecule has 1 spiro atoms. The SMILES string of the molecule is CCC(=O)N1CC[C@@]2(C1)Cn1c(-c3ccc(F)cc3)cnc1CO2. The number of imidazole rings is 1. The van der Waals surface area contributed by atoms with Crippen molar-refractivity contribution >= 4 is 5.91 Å². The second kappa shape index (κ2) is 5.70. The zero-order valence-electron chi connectivity index (χ0n) is 13.7. The van der Waals surface area contributed by atoms with E-state index >= 15 is 0 Å². The first kappa shape index (κ1) is 15.3. The molecule has 3 heterocycles. The average molecular weight is 329 g/mol. The number of nitrogens with zero attached hydrogens (tertiary/aromatic N) is 3. The van der Waals surface area contributed by atoms with Gasteiger partial charge in [-0.25, -0.2) is 9.37 Å². The van der Waals surface area contributed by atoms with Crippen molar-refractivity contribution in [1.82, 2.24) is 14.5 Å². The number of halogens is 1. The van der Waals surface area contributed by atoms with E-state index in [0.717, 1.165) is 30.0 Å².